The van der Waals surface area contributed by atoms with Gasteiger partial charge in [0, 0.05) is 30.8 Å². The molecule has 0 spiro atoms. The SMILES string of the molecule is CC(=O)c1ccc(C#N)c(N2CCC(C(=O)Nc3ccc(C)cn3)CC2)c1. The third-order valence-electron chi connectivity index (χ3n) is 4.89. The molecule has 0 radical (unpaired) electrons. The Morgan fingerprint density at radius 1 is 1.22 bits per heavy atom. The fourth-order valence-corrected chi connectivity index (χ4v) is 3.26. The molecule has 3 rings (SSSR count). The highest BCUT2D eigenvalue weighted by Gasteiger charge is 2.26. The number of nitrogens with zero attached hydrogens (tertiary/aromatic N) is 3. The summed E-state index contributed by atoms with van der Waals surface area (Å²) >= 11 is 0. The van der Waals surface area contributed by atoms with E-state index in [1.807, 2.05) is 13.0 Å². The lowest BCUT2D eigenvalue weighted by atomic mass is 9.94. The van der Waals surface area contributed by atoms with E-state index in [1.54, 1.807) is 30.5 Å². The molecule has 6 heteroatoms. The van der Waals surface area contributed by atoms with Crippen molar-refractivity contribution in [3.05, 3.63) is 53.2 Å². The molecule has 1 aromatic carbocycles. The Bertz CT molecular complexity index is 891. The van der Waals surface area contributed by atoms with Crippen molar-refractivity contribution >= 4 is 23.2 Å². The maximum absolute atomic E-state index is 12.5. The highest BCUT2D eigenvalue weighted by atomic mass is 16.2. The normalized spacial score (nSPS) is 14.5. The first kappa shape index (κ1) is 18.6. The Labute approximate surface area is 158 Å². The van der Waals surface area contributed by atoms with E-state index in [4.69, 9.17) is 0 Å². The summed E-state index contributed by atoms with van der Waals surface area (Å²) in [7, 11) is 0. The summed E-state index contributed by atoms with van der Waals surface area (Å²) < 4.78 is 0. The minimum absolute atomic E-state index is 0.0241. The van der Waals surface area contributed by atoms with E-state index in [1.165, 1.54) is 6.92 Å². The number of nitrogens with one attached hydrogen (secondary N) is 1. The molecule has 138 valence electrons. The fraction of sp³-hybridized carbons (Fsp3) is 0.333. The number of rotatable bonds is 4. The van der Waals surface area contributed by atoms with E-state index in [9.17, 15) is 14.9 Å². The Kier molecular flexibility index (Phi) is 5.51. The number of Topliss-reactive ketones (excluding diaryl/α,β-unsaturated/α-hetero) is 1. The van der Waals surface area contributed by atoms with Crippen LogP contribution in [0.5, 0.6) is 0 Å². The maximum Gasteiger partial charge on any atom is 0.228 e. The number of benzene rings is 1. The average Bonchev–Trinajstić information content (AvgIpc) is 2.69. The number of aromatic nitrogens is 1. The summed E-state index contributed by atoms with van der Waals surface area (Å²) in [5, 5.41) is 12.2. The number of carbonyl (C=O) groups excluding carboxylic acids is 2. The van der Waals surface area contributed by atoms with Gasteiger partial charge < -0.3 is 10.2 Å². The van der Waals surface area contributed by atoms with Gasteiger partial charge in [0.2, 0.25) is 5.91 Å². The molecule has 1 N–H and O–H groups in total. The third kappa shape index (κ3) is 4.32. The van der Waals surface area contributed by atoms with Gasteiger partial charge in [-0.2, -0.15) is 5.26 Å². The van der Waals surface area contributed by atoms with Gasteiger partial charge in [-0.05, 0) is 56.5 Å². The smallest absolute Gasteiger partial charge is 0.228 e. The van der Waals surface area contributed by atoms with Crippen molar-refractivity contribution in [2.75, 3.05) is 23.3 Å². The van der Waals surface area contributed by atoms with Gasteiger partial charge in [0.15, 0.2) is 5.78 Å². The van der Waals surface area contributed by atoms with Gasteiger partial charge in [-0.25, -0.2) is 4.98 Å². The first-order valence-corrected chi connectivity index (χ1v) is 9.01. The van der Waals surface area contributed by atoms with Crippen LogP contribution in [0.15, 0.2) is 36.5 Å². The van der Waals surface area contributed by atoms with Gasteiger partial charge in [-0.3, -0.25) is 9.59 Å². The van der Waals surface area contributed by atoms with Crippen molar-refractivity contribution in [2.24, 2.45) is 5.92 Å². The van der Waals surface area contributed by atoms with Crippen molar-refractivity contribution in [3.63, 3.8) is 0 Å². The number of anilines is 2. The topological polar surface area (TPSA) is 86.1 Å². The number of aryl methyl sites for hydroxylation is 1. The van der Waals surface area contributed by atoms with E-state index >= 15 is 0 Å². The molecule has 2 heterocycles. The molecule has 0 atom stereocenters. The first-order valence-electron chi connectivity index (χ1n) is 9.01. The van der Waals surface area contributed by atoms with Crippen LogP contribution in [-0.4, -0.2) is 29.8 Å². The van der Waals surface area contributed by atoms with E-state index in [2.05, 4.69) is 21.3 Å². The summed E-state index contributed by atoms with van der Waals surface area (Å²) in [5.74, 6) is 0.421. The lowest BCUT2D eigenvalue weighted by Gasteiger charge is -2.33. The van der Waals surface area contributed by atoms with E-state index in [0.29, 0.717) is 42.9 Å². The van der Waals surface area contributed by atoms with Crippen LogP contribution in [0, 0.1) is 24.2 Å². The monoisotopic (exact) mass is 362 g/mol. The zero-order chi connectivity index (χ0) is 19.4. The molecule has 0 bridgehead atoms. The van der Waals surface area contributed by atoms with Gasteiger partial charge in [0.1, 0.15) is 11.9 Å². The molecular weight excluding hydrogens is 340 g/mol. The van der Waals surface area contributed by atoms with Crippen LogP contribution < -0.4 is 10.2 Å². The molecule has 27 heavy (non-hydrogen) atoms. The minimum Gasteiger partial charge on any atom is -0.370 e. The average molecular weight is 362 g/mol. The van der Waals surface area contributed by atoms with Gasteiger partial charge >= 0.3 is 0 Å². The molecule has 2 aromatic rings. The van der Waals surface area contributed by atoms with Gasteiger partial charge in [-0.1, -0.05) is 6.07 Å². The van der Waals surface area contributed by atoms with Crippen molar-refractivity contribution in [3.8, 4) is 6.07 Å². The number of amides is 1. The molecule has 1 aliphatic heterocycles. The minimum atomic E-state index is -0.0918. The number of hydrogen-bond donors (Lipinski definition) is 1. The molecular formula is C21H22N4O2. The van der Waals surface area contributed by atoms with Crippen molar-refractivity contribution < 1.29 is 9.59 Å². The molecule has 0 unspecified atom stereocenters. The maximum atomic E-state index is 12.5. The molecule has 1 aromatic heterocycles. The van der Waals surface area contributed by atoms with Crippen molar-refractivity contribution in [1.29, 1.82) is 5.26 Å². The number of hydrogen-bond acceptors (Lipinski definition) is 5. The van der Waals surface area contributed by atoms with E-state index < -0.39 is 0 Å². The van der Waals surface area contributed by atoms with Gasteiger partial charge in [0.25, 0.3) is 0 Å². The summed E-state index contributed by atoms with van der Waals surface area (Å²) in [6, 6.07) is 11.0. The highest BCUT2D eigenvalue weighted by Crippen LogP contribution is 2.28. The van der Waals surface area contributed by atoms with Crippen LogP contribution in [0.25, 0.3) is 0 Å². The molecule has 1 fully saturated rings. The summed E-state index contributed by atoms with van der Waals surface area (Å²) in [5.41, 5.74) is 2.95. The number of carbonyl (C=O) groups is 2. The summed E-state index contributed by atoms with van der Waals surface area (Å²) in [6.45, 7) is 4.79. The Morgan fingerprint density at radius 2 is 1.96 bits per heavy atom. The first-order chi connectivity index (χ1) is 13.0. The second-order valence-corrected chi connectivity index (χ2v) is 6.87. The second-order valence-electron chi connectivity index (χ2n) is 6.87. The number of nitriles is 1. The fourth-order valence-electron chi connectivity index (χ4n) is 3.26. The van der Waals surface area contributed by atoms with Gasteiger partial charge in [-0.15, -0.1) is 0 Å². The lowest BCUT2D eigenvalue weighted by molar-refractivity contribution is -0.120. The van der Waals surface area contributed by atoms with E-state index in [0.717, 1.165) is 11.3 Å². The Hall–Kier alpha value is -3.20. The Morgan fingerprint density at radius 3 is 2.56 bits per heavy atom. The largest absolute Gasteiger partial charge is 0.370 e. The van der Waals surface area contributed by atoms with Gasteiger partial charge in [0.05, 0.1) is 11.3 Å². The lowest BCUT2D eigenvalue weighted by Crippen LogP contribution is -2.38. The molecule has 1 aliphatic rings. The standard InChI is InChI=1S/C21H22N4O2/c1-14-3-6-20(23-13-14)24-21(27)16-7-9-25(10-8-16)19-11-17(15(2)26)4-5-18(19)12-22/h3-6,11,13,16H,7-10H2,1-2H3,(H,23,24,27). The molecule has 1 saturated heterocycles. The van der Waals surface area contributed by atoms with Crippen LogP contribution in [0.4, 0.5) is 11.5 Å². The van der Waals surface area contributed by atoms with E-state index in [-0.39, 0.29) is 17.6 Å². The predicted molar refractivity (Wildman–Crippen MR) is 104 cm³/mol. The summed E-state index contributed by atoms with van der Waals surface area (Å²) in [4.78, 5) is 30.4. The molecule has 0 aliphatic carbocycles. The van der Waals surface area contributed by atoms with Crippen LogP contribution >= 0.6 is 0 Å². The number of piperidine rings is 1. The van der Waals surface area contributed by atoms with Crippen LogP contribution in [0.3, 0.4) is 0 Å². The number of ketones is 1. The highest BCUT2D eigenvalue weighted by molar-refractivity contribution is 5.95. The van der Waals surface area contributed by atoms with Crippen LogP contribution in [0.1, 0.15) is 41.3 Å². The summed E-state index contributed by atoms with van der Waals surface area (Å²) in [6.07, 6.45) is 3.10. The van der Waals surface area contributed by atoms with Crippen LogP contribution in [0.2, 0.25) is 0 Å². The Balaban J connectivity index is 1.66. The number of pyridine rings is 1. The van der Waals surface area contributed by atoms with Crippen molar-refractivity contribution in [1.82, 2.24) is 4.98 Å². The quantitative estimate of drug-likeness (QED) is 0.843. The molecule has 0 saturated carbocycles. The molecule has 6 nitrogen and oxygen atoms in total. The zero-order valence-electron chi connectivity index (χ0n) is 15.5. The third-order valence-corrected chi connectivity index (χ3v) is 4.89. The second kappa shape index (κ2) is 8.00. The van der Waals surface area contributed by atoms with Crippen LogP contribution in [-0.2, 0) is 4.79 Å². The van der Waals surface area contributed by atoms with Crippen molar-refractivity contribution in [2.45, 2.75) is 26.7 Å². The molecule has 1 amide bonds. The zero-order valence-corrected chi connectivity index (χ0v) is 15.5. The predicted octanol–water partition coefficient (Wildman–Crippen LogP) is 3.32.